The lowest BCUT2D eigenvalue weighted by atomic mass is 9.86. The number of hydrogen-bond acceptors (Lipinski definition) is 2. The highest BCUT2D eigenvalue weighted by Gasteiger charge is 2.22. The lowest BCUT2D eigenvalue weighted by Crippen LogP contribution is -2.38. The first-order valence-electron chi connectivity index (χ1n) is 8.03. The number of carbonyl (C=O) groups excluding carboxylic acids is 1. The van der Waals surface area contributed by atoms with Gasteiger partial charge in [-0.2, -0.15) is 0 Å². The molecular weight excluding hydrogens is 236 g/mol. The molecule has 0 heterocycles. The quantitative estimate of drug-likeness (QED) is 0.777. The molecule has 0 radical (unpaired) electrons. The van der Waals surface area contributed by atoms with Gasteiger partial charge in [-0.05, 0) is 37.6 Å². The van der Waals surface area contributed by atoms with Crippen molar-refractivity contribution in [3.05, 3.63) is 0 Å². The van der Waals surface area contributed by atoms with E-state index in [2.05, 4.69) is 19.2 Å². The third kappa shape index (κ3) is 6.95. The normalized spacial score (nSPS) is 18.7. The van der Waals surface area contributed by atoms with Crippen molar-refractivity contribution >= 4 is 5.91 Å². The molecule has 19 heavy (non-hydrogen) atoms. The van der Waals surface area contributed by atoms with Gasteiger partial charge in [0.05, 0.1) is 0 Å². The van der Waals surface area contributed by atoms with Gasteiger partial charge >= 0.3 is 0 Å². The number of carbonyl (C=O) groups is 1. The summed E-state index contributed by atoms with van der Waals surface area (Å²) in [6, 6.07) is 0. The molecule has 0 aliphatic heterocycles. The maximum Gasteiger partial charge on any atom is 0.223 e. The lowest BCUT2D eigenvalue weighted by molar-refractivity contribution is -0.126. The summed E-state index contributed by atoms with van der Waals surface area (Å²) < 4.78 is 0. The Morgan fingerprint density at radius 2 is 1.74 bits per heavy atom. The first-order valence-corrected chi connectivity index (χ1v) is 8.03. The summed E-state index contributed by atoms with van der Waals surface area (Å²) in [6.07, 6.45) is 10.6. The molecule has 0 saturated heterocycles. The van der Waals surface area contributed by atoms with Gasteiger partial charge in [0.25, 0.3) is 0 Å². The van der Waals surface area contributed by atoms with Crippen molar-refractivity contribution < 1.29 is 4.79 Å². The molecule has 0 aromatic rings. The molecule has 0 bridgehead atoms. The van der Waals surface area contributed by atoms with Gasteiger partial charge in [0, 0.05) is 12.5 Å². The summed E-state index contributed by atoms with van der Waals surface area (Å²) in [6.45, 7) is 5.93. The average molecular weight is 268 g/mol. The van der Waals surface area contributed by atoms with E-state index in [0.717, 1.165) is 38.8 Å². The number of hydrogen-bond donors (Lipinski definition) is 2. The molecule has 0 aromatic heterocycles. The Kier molecular flexibility index (Phi) is 7.44. The molecule has 0 aromatic carbocycles. The fourth-order valence-corrected chi connectivity index (χ4v) is 2.86. The van der Waals surface area contributed by atoms with Crippen LogP contribution in [0.1, 0.15) is 71.6 Å². The SMILES string of the molecule is CC(C)(CCCN)CNC(=O)C1CCCCCCC1. The molecule has 3 nitrogen and oxygen atoms in total. The standard InChI is InChI=1S/C16H32N2O/c1-16(2,11-8-12-17)13-18-15(19)14-9-6-4-3-5-7-10-14/h14H,3-13,17H2,1-2H3,(H,18,19). The second-order valence-corrected chi connectivity index (χ2v) is 6.82. The fourth-order valence-electron chi connectivity index (χ4n) is 2.86. The van der Waals surface area contributed by atoms with Crippen LogP contribution in [-0.2, 0) is 4.79 Å². The molecule has 0 unspecified atom stereocenters. The fraction of sp³-hybridized carbons (Fsp3) is 0.938. The third-order valence-electron chi connectivity index (χ3n) is 4.27. The summed E-state index contributed by atoms with van der Waals surface area (Å²) >= 11 is 0. The maximum absolute atomic E-state index is 12.2. The molecule has 1 amide bonds. The van der Waals surface area contributed by atoms with Crippen molar-refractivity contribution in [1.29, 1.82) is 0 Å². The minimum absolute atomic E-state index is 0.163. The van der Waals surface area contributed by atoms with Crippen LogP contribution in [0.25, 0.3) is 0 Å². The van der Waals surface area contributed by atoms with Crippen LogP contribution < -0.4 is 11.1 Å². The molecule has 1 rings (SSSR count). The Hall–Kier alpha value is -0.570. The lowest BCUT2D eigenvalue weighted by Gasteiger charge is -2.26. The zero-order chi connectivity index (χ0) is 14.1. The van der Waals surface area contributed by atoms with E-state index in [1.807, 2.05) is 0 Å². The van der Waals surface area contributed by atoms with Crippen LogP contribution in [-0.4, -0.2) is 19.0 Å². The molecule has 1 aliphatic rings. The zero-order valence-electron chi connectivity index (χ0n) is 12.8. The molecule has 1 fully saturated rings. The van der Waals surface area contributed by atoms with Gasteiger partial charge in [-0.25, -0.2) is 0 Å². The van der Waals surface area contributed by atoms with E-state index in [4.69, 9.17) is 5.73 Å². The van der Waals surface area contributed by atoms with Crippen LogP contribution in [0.2, 0.25) is 0 Å². The van der Waals surface area contributed by atoms with Gasteiger partial charge in [-0.3, -0.25) is 4.79 Å². The van der Waals surface area contributed by atoms with Crippen LogP contribution in [0.5, 0.6) is 0 Å². The smallest absolute Gasteiger partial charge is 0.223 e. The predicted octanol–water partition coefficient (Wildman–Crippen LogP) is 3.23. The molecular formula is C16H32N2O. The largest absolute Gasteiger partial charge is 0.355 e. The van der Waals surface area contributed by atoms with Crippen molar-refractivity contribution in [2.45, 2.75) is 71.6 Å². The van der Waals surface area contributed by atoms with Crippen molar-refractivity contribution in [3.63, 3.8) is 0 Å². The van der Waals surface area contributed by atoms with E-state index >= 15 is 0 Å². The first kappa shape index (κ1) is 16.5. The summed E-state index contributed by atoms with van der Waals surface area (Å²) in [5.74, 6) is 0.535. The van der Waals surface area contributed by atoms with Crippen molar-refractivity contribution in [2.24, 2.45) is 17.1 Å². The molecule has 1 aliphatic carbocycles. The Bertz CT molecular complexity index is 255. The second kappa shape index (κ2) is 8.57. The van der Waals surface area contributed by atoms with Gasteiger partial charge < -0.3 is 11.1 Å². The van der Waals surface area contributed by atoms with Gasteiger partial charge in [0.1, 0.15) is 0 Å². The van der Waals surface area contributed by atoms with Crippen LogP contribution >= 0.6 is 0 Å². The maximum atomic E-state index is 12.2. The highest BCUT2D eigenvalue weighted by Crippen LogP contribution is 2.24. The monoisotopic (exact) mass is 268 g/mol. The number of amides is 1. The Labute approximate surface area is 118 Å². The van der Waals surface area contributed by atoms with Gasteiger partial charge in [-0.1, -0.05) is 46.0 Å². The topological polar surface area (TPSA) is 55.1 Å². The van der Waals surface area contributed by atoms with Crippen LogP contribution in [0.3, 0.4) is 0 Å². The zero-order valence-corrected chi connectivity index (χ0v) is 12.8. The van der Waals surface area contributed by atoms with E-state index in [9.17, 15) is 4.79 Å². The summed E-state index contributed by atoms with van der Waals surface area (Å²) in [7, 11) is 0. The minimum atomic E-state index is 0.163. The molecule has 1 saturated carbocycles. The first-order chi connectivity index (χ1) is 9.05. The summed E-state index contributed by atoms with van der Waals surface area (Å²) in [5, 5.41) is 3.17. The van der Waals surface area contributed by atoms with E-state index in [1.54, 1.807) is 0 Å². The van der Waals surface area contributed by atoms with E-state index in [0.29, 0.717) is 0 Å². The van der Waals surface area contributed by atoms with E-state index in [-0.39, 0.29) is 17.2 Å². The molecule has 3 heteroatoms. The van der Waals surface area contributed by atoms with Crippen LogP contribution in [0, 0.1) is 11.3 Å². The van der Waals surface area contributed by atoms with E-state index in [1.165, 1.54) is 32.1 Å². The van der Waals surface area contributed by atoms with E-state index < -0.39 is 0 Å². The molecule has 3 N–H and O–H groups in total. The van der Waals surface area contributed by atoms with Crippen LogP contribution in [0.15, 0.2) is 0 Å². The number of rotatable bonds is 6. The summed E-state index contributed by atoms with van der Waals surface area (Å²) in [4.78, 5) is 12.2. The average Bonchev–Trinajstić information content (AvgIpc) is 2.33. The van der Waals surface area contributed by atoms with Gasteiger partial charge in [-0.15, -0.1) is 0 Å². The molecule has 0 atom stereocenters. The molecule has 0 spiro atoms. The number of nitrogens with two attached hydrogens (primary N) is 1. The Balaban J connectivity index is 2.32. The highest BCUT2D eigenvalue weighted by atomic mass is 16.1. The highest BCUT2D eigenvalue weighted by molar-refractivity contribution is 5.78. The van der Waals surface area contributed by atoms with Crippen molar-refractivity contribution in [2.75, 3.05) is 13.1 Å². The van der Waals surface area contributed by atoms with Crippen molar-refractivity contribution in [1.82, 2.24) is 5.32 Å². The van der Waals surface area contributed by atoms with Crippen molar-refractivity contribution in [3.8, 4) is 0 Å². The van der Waals surface area contributed by atoms with Gasteiger partial charge in [0.15, 0.2) is 0 Å². The minimum Gasteiger partial charge on any atom is -0.355 e. The molecule has 112 valence electrons. The number of nitrogens with one attached hydrogen (secondary N) is 1. The predicted molar refractivity (Wildman–Crippen MR) is 80.9 cm³/mol. The Morgan fingerprint density at radius 1 is 1.16 bits per heavy atom. The van der Waals surface area contributed by atoms with Crippen LogP contribution in [0.4, 0.5) is 0 Å². The second-order valence-electron chi connectivity index (χ2n) is 6.82. The summed E-state index contributed by atoms with van der Waals surface area (Å²) in [5.41, 5.74) is 5.72. The third-order valence-corrected chi connectivity index (χ3v) is 4.27. The van der Waals surface area contributed by atoms with Gasteiger partial charge in [0.2, 0.25) is 5.91 Å². The Morgan fingerprint density at radius 3 is 2.32 bits per heavy atom.